The molecule has 0 saturated carbocycles. The molecule has 2 aromatic heterocycles. The van der Waals surface area contributed by atoms with Crippen molar-refractivity contribution in [2.24, 2.45) is 5.41 Å². The molecule has 1 aromatic carbocycles. The number of fused-ring (bicyclic) bond motifs is 1. The average Bonchev–Trinajstić information content (AvgIpc) is 3.35. The average molecular weight is 434 g/mol. The molecule has 1 spiro atoms. The summed E-state index contributed by atoms with van der Waals surface area (Å²) in [7, 11) is 1.61. The molecule has 0 N–H and O–H groups in total. The Morgan fingerprint density at radius 3 is 2.59 bits per heavy atom. The van der Waals surface area contributed by atoms with Crippen LogP contribution in [0.15, 0.2) is 52.1 Å². The third kappa shape index (κ3) is 3.86. The maximum absolute atomic E-state index is 12.9. The molecule has 0 radical (unpaired) electrons. The number of rotatable bonds is 5. The number of nitrogens with zero attached hydrogens (tertiary/aromatic N) is 5. The molecule has 166 valence electrons. The Kier molecular flexibility index (Phi) is 5.17. The molecule has 8 heteroatoms. The van der Waals surface area contributed by atoms with Crippen LogP contribution in [0.2, 0.25) is 0 Å². The second-order valence-corrected chi connectivity index (χ2v) is 9.03. The lowest BCUT2D eigenvalue weighted by molar-refractivity contribution is 0.244. The number of hydrogen-bond donors (Lipinski definition) is 0. The maximum Gasteiger partial charge on any atom is 0.332 e. The molecule has 2 aliphatic rings. The zero-order valence-corrected chi connectivity index (χ0v) is 18.5. The normalized spacial score (nSPS) is 20.1. The summed E-state index contributed by atoms with van der Waals surface area (Å²) >= 11 is 0. The van der Waals surface area contributed by atoms with Crippen molar-refractivity contribution in [1.29, 1.82) is 0 Å². The first kappa shape index (κ1) is 20.6. The smallest absolute Gasteiger partial charge is 0.332 e. The molecule has 1 fully saturated rings. The van der Waals surface area contributed by atoms with Crippen LogP contribution in [0.1, 0.15) is 29.2 Å². The van der Waals surface area contributed by atoms with Crippen LogP contribution in [-0.2, 0) is 26.1 Å². The summed E-state index contributed by atoms with van der Waals surface area (Å²) in [6.45, 7) is 5.45. The second kappa shape index (κ2) is 8.02. The Bertz CT molecular complexity index is 1260. The summed E-state index contributed by atoms with van der Waals surface area (Å²) in [5, 5.41) is 4.60. The van der Waals surface area contributed by atoms with E-state index in [0.29, 0.717) is 18.8 Å². The van der Waals surface area contributed by atoms with E-state index in [1.54, 1.807) is 11.7 Å². The van der Waals surface area contributed by atoms with E-state index in [4.69, 9.17) is 4.74 Å². The van der Waals surface area contributed by atoms with E-state index in [0.717, 1.165) is 48.8 Å². The van der Waals surface area contributed by atoms with Crippen molar-refractivity contribution in [2.75, 3.05) is 20.2 Å². The standard InChI is InChI=1S/C24H27N5O3/c1-17-4-3-5-19(25-17)14-27-11-10-24(15-27)12-21-26-29(23(31)22(30)28(21)16-24)13-18-6-8-20(32-2)9-7-18/h3-9H,10-16H2,1-2H3/t24-/m1/s1. The predicted molar refractivity (Wildman–Crippen MR) is 120 cm³/mol. The van der Waals surface area contributed by atoms with Crippen molar-refractivity contribution in [3.63, 3.8) is 0 Å². The van der Waals surface area contributed by atoms with Crippen LogP contribution in [0.25, 0.3) is 0 Å². The predicted octanol–water partition coefficient (Wildman–Crippen LogP) is 1.61. The van der Waals surface area contributed by atoms with Crippen molar-refractivity contribution in [2.45, 2.75) is 39.4 Å². The summed E-state index contributed by atoms with van der Waals surface area (Å²) in [6, 6.07) is 13.5. The molecular formula is C24H27N5O3. The van der Waals surface area contributed by atoms with Gasteiger partial charge >= 0.3 is 11.1 Å². The first-order valence-electron chi connectivity index (χ1n) is 10.9. The van der Waals surface area contributed by atoms with Crippen LogP contribution in [0.4, 0.5) is 0 Å². The largest absolute Gasteiger partial charge is 0.497 e. The van der Waals surface area contributed by atoms with Gasteiger partial charge in [0.25, 0.3) is 0 Å². The van der Waals surface area contributed by atoms with Crippen molar-refractivity contribution in [1.82, 2.24) is 24.2 Å². The van der Waals surface area contributed by atoms with Gasteiger partial charge in [0.15, 0.2) is 0 Å². The zero-order chi connectivity index (χ0) is 22.3. The molecule has 3 aromatic rings. The molecular weight excluding hydrogens is 406 g/mol. The number of ether oxygens (including phenoxy) is 1. The second-order valence-electron chi connectivity index (χ2n) is 9.03. The summed E-state index contributed by atoms with van der Waals surface area (Å²) < 4.78 is 8.09. The van der Waals surface area contributed by atoms with E-state index in [1.807, 2.05) is 43.3 Å². The van der Waals surface area contributed by atoms with E-state index in [9.17, 15) is 9.59 Å². The van der Waals surface area contributed by atoms with Crippen LogP contribution in [0, 0.1) is 12.3 Å². The fraction of sp³-hybridized carbons (Fsp3) is 0.417. The summed E-state index contributed by atoms with van der Waals surface area (Å²) in [4.78, 5) is 32.6. The number of hydrogen-bond acceptors (Lipinski definition) is 6. The van der Waals surface area contributed by atoms with Crippen molar-refractivity contribution >= 4 is 0 Å². The Morgan fingerprint density at radius 2 is 1.84 bits per heavy atom. The Morgan fingerprint density at radius 1 is 1.03 bits per heavy atom. The number of benzene rings is 1. The van der Waals surface area contributed by atoms with Crippen LogP contribution < -0.4 is 15.9 Å². The Balaban J connectivity index is 1.34. The van der Waals surface area contributed by atoms with Gasteiger partial charge in [0, 0.05) is 37.2 Å². The topological polar surface area (TPSA) is 82.2 Å². The molecule has 8 nitrogen and oxygen atoms in total. The van der Waals surface area contributed by atoms with Gasteiger partial charge < -0.3 is 4.74 Å². The monoisotopic (exact) mass is 433 g/mol. The fourth-order valence-corrected chi connectivity index (χ4v) is 4.97. The highest BCUT2D eigenvalue weighted by atomic mass is 16.5. The number of likely N-dealkylation sites (tertiary alicyclic amines) is 1. The van der Waals surface area contributed by atoms with E-state index >= 15 is 0 Å². The molecule has 1 saturated heterocycles. The minimum absolute atomic E-state index is 0.0469. The summed E-state index contributed by atoms with van der Waals surface area (Å²) in [5.41, 5.74) is 1.89. The van der Waals surface area contributed by atoms with Crippen molar-refractivity contribution in [3.05, 3.63) is 85.9 Å². The van der Waals surface area contributed by atoms with Crippen LogP contribution in [0.5, 0.6) is 5.75 Å². The molecule has 1 atom stereocenters. The molecule has 2 aliphatic heterocycles. The molecule has 5 rings (SSSR count). The minimum Gasteiger partial charge on any atom is -0.497 e. The lowest BCUT2D eigenvalue weighted by atomic mass is 9.86. The van der Waals surface area contributed by atoms with Gasteiger partial charge in [-0.05, 0) is 49.7 Å². The first-order valence-corrected chi connectivity index (χ1v) is 10.9. The van der Waals surface area contributed by atoms with Crippen molar-refractivity contribution in [3.8, 4) is 5.75 Å². The van der Waals surface area contributed by atoms with Crippen LogP contribution >= 0.6 is 0 Å². The van der Waals surface area contributed by atoms with E-state index in [2.05, 4.69) is 21.0 Å². The van der Waals surface area contributed by atoms with Gasteiger partial charge in [-0.1, -0.05) is 18.2 Å². The summed E-state index contributed by atoms with van der Waals surface area (Å²) in [5.74, 6) is 1.45. The van der Waals surface area contributed by atoms with Gasteiger partial charge in [-0.15, -0.1) is 0 Å². The Hall–Kier alpha value is -3.26. The summed E-state index contributed by atoms with van der Waals surface area (Å²) in [6.07, 6.45) is 1.69. The fourth-order valence-electron chi connectivity index (χ4n) is 4.97. The maximum atomic E-state index is 12.9. The zero-order valence-electron chi connectivity index (χ0n) is 18.5. The number of methoxy groups -OCH3 is 1. The quantitative estimate of drug-likeness (QED) is 0.569. The number of aryl methyl sites for hydroxylation is 1. The van der Waals surface area contributed by atoms with E-state index < -0.39 is 11.1 Å². The van der Waals surface area contributed by atoms with Crippen LogP contribution in [-0.4, -0.2) is 44.4 Å². The molecule has 0 amide bonds. The van der Waals surface area contributed by atoms with Gasteiger partial charge in [0.05, 0.1) is 19.3 Å². The minimum atomic E-state index is -0.569. The highest BCUT2D eigenvalue weighted by Crippen LogP contribution is 2.39. The number of aromatic nitrogens is 4. The third-order valence-electron chi connectivity index (χ3n) is 6.58. The van der Waals surface area contributed by atoms with Gasteiger partial charge in [0.1, 0.15) is 11.6 Å². The highest BCUT2D eigenvalue weighted by molar-refractivity contribution is 5.27. The van der Waals surface area contributed by atoms with Gasteiger partial charge in [-0.25, -0.2) is 4.68 Å². The van der Waals surface area contributed by atoms with Gasteiger partial charge in [-0.3, -0.25) is 24.0 Å². The van der Waals surface area contributed by atoms with Crippen molar-refractivity contribution < 1.29 is 4.74 Å². The highest BCUT2D eigenvalue weighted by Gasteiger charge is 2.44. The Labute approximate surface area is 186 Å². The molecule has 32 heavy (non-hydrogen) atoms. The van der Waals surface area contributed by atoms with E-state index in [1.165, 1.54) is 4.68 Å². The van der Waals surface area contributed by atoms with Gasteiger partial charge in [0.2, 0.25) is 0 Å². The first-order chi connectivity index (χ1) is 15.4. The van der Waals surface area contributed by atoms with Crippen LogP contribution in [0.3, 0.4) is 0 Å². The van der Waals surface area contributed by atoms with E-state index in [-0.39, 0.29) is 12.0 Å². The lowest BCUT2D eigenvalue weighted by Gasteiger charge is -2.22. The molecule has 4 heterocycles. The number of pyridine rings is 1. The molecule has 0 unspecified atom stereocenters. The van der Waals surface area contributed by atoms with Gasteiger partial charge in [-0.2, -0.15) is 5.10 Å². The molecule has 0 bridgehead atoms. The third-order valence-corrected chi connectivity index (χ3v) is 6.58. The SMILES string of the molecule is COc1ccc(Cn2nc3n(c(=O)c2=O)C[C@]2(CCN(Cc4cccc(C)n4)C2)C3)cc1. The lowest BCUT2D eigenvalue weighted by Crippen LogP contribution is -2.43. The molecule has 0 aliphatic carbocycles.